The minimum absolute atomic E-state index is 0.0782. The van der Waals surface area contributed by atoms with Crippen molar-refractivity contribution in [1.82, 2.24) is 29.9 Å². The average molecular weight is 596 g/mol. The highest BCUT2D eigenvalue weighted by atomic mass is 32.1. The molecule has 13 heteroatoms. The van der Waals surface area contributed by atoms with Crippen molar-refractivity contribution in [3.63, 3.8) is 0 Å². The first-order valence-corrected chi connectivity index (χ1v) is 14.8. The van der Waals surface area contributed by atoms with Crippen molar-refractivity contribution >= 4 is 33.2 Å². The van der Waals surface area contributed by atoms with E-state index in [-0.39, 0.29) is 16.7 Å². The summed E-state index contributed by atoms with van der Waals surface area (Å²) in [5.74, 6) is 1.73. The molecule has 1 aliphatic rings. The number of ether oxygens (including phenoxy) is 1. The van der Waals surface area contributed by atoms with Crippen molar-refractivity contribution in [2.45, 2.75) is 45.8 Å². The van der Waals surface area contributed by atoms with Gasteiger partial charge < -0.3 is 10.1 Å². The molecule has 0 spiro atoms. The SMILES string of the molecule is Cc1cc(C#N)cc(C)c1Oc1nc(NC2CCN(Cc3cn(Cc4ccccc4[N+](=O)[O-])nn3)CC2)nc2ccsc12. The smallest absolute Gasteiger partial charge is 0.274 e. The Kier molecular flexibility index (Phi) is 7.95. The molecule has 2 aromatic carbocycles. The van der Waals surface area contributed by atoms with Crippen LogP contribution in [0.2, 0.25) is 0 Å². The summed E-state index contributed by atoms with van der Waals surface area (Å²) < 4.78 is 8.85. The lowest BCUT2D eigenvalue weighted by Crippen LogP contribution is -2.39. The second-order valence-electron chi connectivity index (χ2n) is 10.6. The quantitative estimate of drug-likeness (QED) is 0.169. The fraction of sp³-hybridized carbons (Fsp3) is 0.300. The zero-order chi connectivity index (χ0) is 29.9. The van der Waals surface area contributed by atoms with E-state index in [1.54, 1.807) is 22.9 Å². The molecular weight excluding hydrogens is 566 g/mol. The predicted octanol–water partition coefficient (Wildman–Crippen LogP) is 5.60. The number of aryl methyl sites for hydroxylation is 2. The Bertz CT molecular complexity index is 1810. The van der Waals surface area contributed by atoms with Crippen LogP contribution in [-0.4, -0.2) is 53.9 Å². The van der Waals surface area contributed by atoms with Crippen LogP contribution in [0, 0.1) is 35.3 Å². The van der Waals surface area contributed by atoms with Crippen molar-refractivity contribution in [2.75, 3.05) is 18.4 Å². The Morgan fingerprint density at radius 1 is 1.14 bits per heavy atom. The van der Waals surface area contributed by atoms with Gasteiger partial charge in [0.05, 0.1) is 46.1 Å². The second-order valence-corrected chi connectivity index (χ2v) is 11.5. The van der Waals surface area contributed by atoms with Gasteiger partial charge in [-0.1, -0.05) is 23.4 Å². The molecule has 1 aliphatic heterocycles. The topological polar surface area (TPSA) is 148 Å². The van der Waals surface area contributed by atoms with E-state index in [9.17, 15) is 15.4 Å². The van der Waals surface area contributed by atoms with Gasteiger partial charge >= 0.3 is 0 Å². The molecule has 218 valence electrons. The Balaban J connectivity index is 1.08. The number of para-hydroxylation sites is 1. The molecule has 1 saturated heterocycles. The Morgan fingerprint density at radius 2 is 1.91 bits per heavy atom. The number of fused-ring (bicyclic) bond motifs is 1. The van der Waals surface area contributed by atoms with E-state index in [1.165, 1.54) is 17.4 Å². The van der Waals surface area contributed by atoms with Crippen LogP contribution in [0.5, 0.6) is 11.6 Å². The van der Waals surface area contributed by atoms with Crippen molar-refractivity contribution in [3.05, 3.63) is 92.1 Å². The highest BCUT2D eigenvalue weighted by Crippen LogP contribution is 2.36. The minimum atomic E-state index is -0.375. The van der Waals surface area contributed by atoms with E-state index in [0.717, 1.165) is 53.0 Å². The zero-order valence-corrected chi connectivity index (χ0v) is 24.5. The fourth-order valence-corrected chi connectivity index (χ4v) is 6.13. The lowest BCUT2D eigenvalue weighted by molar-refractivity contribution is -0.385. The van der Waals surface area contributed by atoms with Crippen LogP contribution >= 0.6 is 11.3 Å². The molecule has 0 amide bonds. The normalized spacial score (nSPS) is 14.1. The number of anilines is 1. The number of piperidine rings is 1. The standard InChI is InChI=1S/C30H29N9O3S/c1-19-13-21(15-31)14-20(2)27(19)42-29-28-25(9-12-43-28)33-30(34-29)32-23-7-10-37(11-8-23)17-24-18-38(36-35-24)16-22-5-3-4-6-26(22)39(40)41/h3-6,9,12-14,18,23H,7-8,10-11,16-17H2,1-2H3,(H,32,33,34). The van der Waals surface area contributed by atoms with Gasteiger partial charge in [-0.15, -0.1) is 16.4 Å². The van der Waals surface area contributed by atoms with Gasteiger partial charge in [-0.25, -0.2) is 9.67 Å². The first-order chi connectivity index (χ1) is 20.9. The first-order valence-electron chi connectivity index (χ1n) is 13.9. The number of rotatable bonds is 9. The van der Waals surface area contributed by atoms with Gasteiger partial charge in [0, 0.05) is 31.7 Å². The number of thiophene rings is 1. The third-order valence-electron chi connectivity index (χ3n) is 7.47. The van der Waals surface area contributed by atoms with E-state index >= 15 is 0 Å². The maximum absolute atomic E-state index is 11.3. The summed E-state index contributed by atoms with van der Waals surface area (Å²) in [6.45, 7) is 6.53. The van der Waals surface area contributed by atoms with Crippen molar-refractivity contribution in [1.29, 1.82) is 5.26 Å². The molecule has 0 atom stereocenters. The van der Waals surface area contributed by atoms with Gasteiger partial charge in [0.1, 0.15) is 10.4 Å². The van der Waals surface area contributed by atoms with Crippen LogP contribution in [0.4, 0.5) is 11.6 Å². The number of nitro groups is 1. The number of nitrogens with zero attached hydrogens (tertiary/aromatic N) is 8. The van der Waals surface area contributed by atoms with Gasteiger partial charge in [-0.05, 0) is 61.4 Å². The molecule has 4 heterocycles. The van der Waals surface area contributed by atoms with Gasteiger partial charge in [-0.2, -0.15) is 10.2 Å². The van der Waals surface area contributed by atoms with Crippen LogP contribution < -0.4 is 10.1 Å². The summed E-state index contributed by atoms with van der Waals surface area (Å²) in [5, 5.41) is 34.6. The van der Waals surface area contributed by atoms with E-state index in [4.69, 9.17) is 14.7 Å². The van der Waals surface area contributed by atoms with Crippen LogP contribution in [0.1, 0.15) is 40.8 Å². The van der Waals surface area contributed by atoms with Crippen LogP contribution in [0.15, 0.2) is 54.0 Å². The van der Waals surface area contributed by atoms with Gasteiger partial charge in [0.25, 0.3) is 5.69 Å². The molecule has 3 aromatic heterocycles. The number of nitriles is 1. The van der Waals surface area contributed by atoms with E-state index in [0.29, 0.717) is 41.8 Å². The van der Waals surface area contributed by atoms with E-state index in [1.807, 2.05) is 43.6 Å². The monoisotopic (exact) mass is 595 g/mol. The summed E-state index contributed by atoms with van der Waals surface area (Å²) in [7, 11) is 0. The highest BCUT2D eigenvalue weighted by molar-refractivity contribution is 7.17. The summed E-state index contributed by atoms with van der Waals surface area (Å²) in [4.78, 5) is 22.8. The molecule has 43 heavy (non-hydrogen) atoms. The molecule has 12 nitrogen and oxygen atoms in total. The minimum Gasteiger partial charge on any atom is -0.437 e. The lowest BCUT2D eigenvalue weighted by Gasteiger charge is -2.31. The molecule has 0 unspecified atom stereocenters. The third kappa shape index (κ3) is 6.30. The predicted molar refractivity (Wildman–Crippen MR) is 162 cm³/mol. The van der Waals surface area contributed by atoms with Crippen molar-refractivity contribution in [3.8, 4) is 17.7 Å². The Morgan fingerprint density at radius 3 is 2.65 bits per heavy atom. The number of nitrogens with one attached hydrogen (secondary N) is 1. The van der Waals surface area contributed by atoms with Gasteiger partial charge in [0.2, 0.25) is 11.8 Å². The molecule has 0 radical (unpaired) electrons. The second kappa shape index (κ2) is 12.1. The molecule has 0 saturated carbocycles. The Labute approximate surface area is 251 Å². The van der Waals surface area contributed by atoms with Gasteiger partial charge in [-0.3, -0.25) is 15.0 Å². The number of nitro benzene ring substituents is 1. The number of likely N-dealkylation sites (tertiary alicyclic amines) is 1. The molecule has 6 rings (SSSR count). The number of aromatic nitrogens is 5. The summed E-state index contributed by atoms with van der Waals surface area (Å²) in [6.07, 6.45) is 3.66. The van der Waals surface area contributed by atoms with Crippen molar-refractivity contribution < 1.29 is 9.66 Å². The van der Waals surface area contributed by atoms with E-state index in [2.05, 4.69) is 26.6 Å². The lowest BCUT2D eigenvalue weighted by atomic mass is 10.1. The van der Waals surface area contributed by atoms with E-state index < -0.39 is 0 Å². The first kappa shape index (κ1) is 28.2. The average Bonchev–Trinajstić information content (AvgIpc) is 3.65. The number of benzene rings is 2. The van der Waals surface area contributed by atoms with Crippen LogP contribution in [-0.2, 0) is 13.1 Å². The molecule has 1 N–H and O–H groups in total. The summed E-state index contributed by atoms with van der Waals surface area (Å²) >= 11 is 1.53. The molecule has 1 fully saturated rings. The Hall–Kier alpha value is -4.93. The zero-order valence-electron chi connectivity index (χ0n) is 23.7. The van der Waals surface area contributed by atoms with Crippen molar-refractivity contribution in [2.24, 2.45) is 0 Å². The highest BCUT2D eigenvalue weighted by Gasteiger charge is 2.22. The molecule has 5 aromatic rings. The van der Waals surface area contributed by atoms with Crippen LogP contribution in [0.25, 0.3) is 10.2 Å². The number of hydrogen-bond donors (Lipinski definition) is 1. The van der Waals surface area contributed by atoms with Crippen LogP contribution in [0.3, 0.4) is 0 Å². The molecule has 0 bridgehead atoms. The van der Waals surface area contributed by atoms with Gasteiger partial charge in [0.15, 0.2) is 0 Å². The third-order valence-corrected chi connectivity index (χ3v) is 8.37. The maximum Gasteiger partial charge on any atom is 0.274 e. The molecule has 0 aliphatic carbocycles. The molecular formula is C30H29N9O3S. The summed E-state index contributed by atoms with van der Waals surface area (Å²) in [5.41, 5.74) is 4.67. The summed E-state index contributed by atoms with van der Waals surface area (Å²) in [6, 6.07) is 14.7. The number of hydrogen-bond acceptors (Lipinski definition) is 11. The fourth-order valence-electron chi connectivity index (χ4n) is 5.38. The largest absolute Gasteiger partial charge is 0.437 e. The maximum atomic E-state index is 11.3.